The van der Waals surface area contributed by atoms with Crippen LogP contribution in [0.1, 0.15) is 26.3 Å². The van der Waals surface area contributed by atoms with Gasteiger partial charge < -0.3 is 5.21 Å². The number of hydrogen-bond donors (Lipinski definition) is 1. The summed E-state index contributed by atoms with van der Waals surface area (Å²) < 4.78 is 0. The van der Waals surface area contributed by atoms with Crippen LogP contribution in [0, 0.1) is 15.0 Å². The van der Waals surface area contributed by atoms with Gasteiger partial charge in [0, 0.05) is 12.1 Å². The van der Waals surface area contributed by atoms with Crippen molar-refractivity contribution in [3.63, 3.8) is 0 Å². The van der Waals surface area contributed by atoms with E-state index >= 15 is 0 Å². The summed E-state index contributed by atoms with van der Waals surface area (Å²) in [5.41, 5.74) is 1.31. The monoisotopic (exact) mass is 226 g/mol. The minimum absolute atomic E-state index is 0.0507. The average molecular weight is 226 g/mol. The number of rotatable bonds is 1. The molecule has 0 saturated heterocycles. The zero-order valence-corrected chi connectivity index (χ0v) is 9.38. The Bertz CT molecular complexity index is 354. The summed E-state index contributed by atoms with van der Waals surface area (Å²) in [4.78, 5) is 18.1. The molecule has 0 aliphatic rings. The van der Waals surface area contributed by atoms with E-state index in [9.17, 15) is 10.1 Å². The van der Waals surface area contributed by atoms with Crippen LogP contribution in [0.15, 0.2) is 29.6 Å². The highest BCUT2D eigenvalue weighted by Gasteiger charge is 2.14. The van der Waals surface area contributed by atoms with Gasteiger partial charge in [-0.15, -0.1) is 4.91 Å². The maximum atomic E-state index is 10.4. The highest BCUT2D eigenvalue weighted by Crippen LogP contribution is 2.23. The quantitative estimate of drug-likeness (QED) is 0.452. The van der Waals surface area contributed by atoms with Crippen LogP contribution in [0.2, 0.25) is 0 Å². The van der Waals surface area contributed by atoms with Crippen LogP contribution in [-0.4, -0.2) is 10.1 Å². The Kier molecular flexibility index (Phi) is 5.08. The fourth-order valence-corrected chi connectivity index (χ4v) is 1.08. The Labute approximate surface area is 93.0 Å². The molecule has 0 spiro atoms. The SMILES string of the molecule is CC(C)(C)c1ccc([N+](=O)[O-])cc1.O=NO. The number of nitrogens with zero attached hydrogens (tertiary/aromatic N) is 2. The highest BCUT2D eigenvalue weighted by molar-refractivity contribution is 5.35. The summed E-state index contributed by atoms with van der Waals surface area (Å²) in [6.45, 7) is 6.23. The third kappa shape index (κ3) is 4.50. The lowest BCUT2D eigenvalue weighted by Gasteiger charge is -2.18. The number of hydrogen-bond acceptors (Lipinski definition) is 4. The predicted molar refractivity (Wildman–Crippen MR) is 59.4 cm³/mol. The van der Waals surface area contributed by atoms with Crippen molar-refractivity contribution in [1.29, 1.82) is 0 Å². The van der Waals surface area contributed by atoms with E-state index in [0.717, 1.165) is 5.56 Å². The van der Waals surface area contributed by atoms with Crippen molar-refractivity contribution in [2.45, 2.75) is 26.2 Å². The summed E-state index contributed by atoms with van der Waals surface area (Å²) in [5, 5.41) is 18.3. The zero-order chi connectivity index (χ0) is 12.8. The Morgan fingerprint density at radius 1 is 1.25 bits per heavy atom. The number of non-ortho nitro benzene ring substituents is 1. The normalized spacial score (nSPS) is 9.94. The fourth-order valence-electron chi connectivity index (χ4n) is 1.08. The Morgan fingerprint density at radius 2 is 1.62 bits per heavy atom. The van der Waals surface area contributed by atoms with E-state index in [-0.39, 0.29) is 16.0 Å². The topological polar surface area (TPSA) is 92.8 Å². The zero-order valence-electron chi connectivity index (χ0n) is 9.38. The molecular weight excluding hydrogens is 212 g/mol. The lowest BCUT2D eigenvalue weighted by Crippen LogP contribution is -2.10. The van der Waals surface area contributed by atoms with Crippen molar-refractivity contribution in [3.05, 3.63) is 44.9 Å². The summed E-state index contributed by atoms with van der Waals surface area (Å²) in [6.07, 6.45) is 0. The number of nitro groups is 1. The Morgan fingerprint density at radius 3 is 1.88 bits per heavy atom. The minimum Gasteiger partial charge on any atom is -0.379 e. The maximum absolute atomic E-state index is 10.4. The van der Waals surface area contributed by atoms with E-state index in [4.69, 9.17) is 10.1 Å². The van der Waals surface area contributed by atoms with Crippen molar-refractivity contribution < 1.29 is 10.1 Å². The van der Waals surface area contributed by atoms with Crippen LogP contribution in [0.4, 0.5) is 5.69 Å². The molecular formula is C10H14N2O4. The van der Waals surface area contributed by atoms with Gasteiger partial charge in [-0.05, 0) is 11.0 Å². The lowest BCUT2D eigenvalue weighted by molar-refractivity contribution is -0.384. The summed E-state index contributed by atoms with van der Waals surface area (Å²) >= 11 is 0. The van der Waals surface area contributed by atoms with Crippen LogP contribution in [0.3, 0.4) is 0 Å². The predicted octanol–water partition coefficient (Wildman–Crippen LogP) is 3.03. The van der Waals surface area contributed by atoms with Gasteiger partial charge in [-0.3, -0.25) is 10.1 Å². The van der Waals surface area contributed by atoms with Crippen molar-refractivity contribution in [3.8, 4) is 0 Å². The second-order valence-electron chi connectivity index (χ2n) is 4.14. The number of benzene rings is 1. The van der Waals surface area contributed by atoms with Gasteiger partial charge in [0.25, 0.3) is 5.69 Å². The van der Waals surface area contributed by atoms with E-state index in [0.29, 0.717) is 0 Å². The first-order chi connectivity index (χ1) is 7.32. The van der Waals surface area contributed by atoms with E-state index in [1.54, 1.807) is 24.3 Å². The van der Waals surface area contributed by atoms with Gasteiger partial charge in [0.1, 0.15) is 0 Å². The van der Waals surface area contributed by atoms with E-state index in [1.165, 1.54) is 5.34 Å². The molecule has 0 unspecified atom stereocenters. The molecule has 0 saturated carbocycles. The summed E-state index contributed by atoms with van der Waals surface area (Å²) in [6, 6.07) is 6.69. The van der Waals surface area contributed by atoms with E-state index in [1.807, 2.05) is 0 Å². The first-order valence-electron chi connectivity index (χ1n) is 4.54. The van der Waals surface area contributed by atoms with Crippen LogP contribution < -0.4 is 0 Å². The molecule has 16 heavy (non-hydrogen) atoms. The first-order valence-corrected chi connectivity index (χ1v) is 4.54. The number of nitro benzene ring substituents is 1. The molecule has 0 aliphatic carbocycles. The van der Waals surface area contributed by atoms with Gasteiger partial charge in [0.2, 0.25) is 0 Å². The standard InChI is InChI=1S/C10H13NO2.HNO2/c1-10(2,3)8-4-6-9(7-5-8)11(12)13;2-1-3/h4-7H,1-3H3;(H,2,3). The summed E-state index contributed by atoms with van der Waals surface area (Å²) in [7, 11) is 0. The largest absolute Gasteiger partial charge is 0.379 e. The molecule has 0 radical (unpaired) electrons. The van der Waals surface area contributed by atoms with Gasteiger partial charge >= 0.3 is 0 Å². The van der Waals surface area contributed by atoms with Gasteiger partial charge in [0.15, 0.2) is 5.34 Å². The van der Waals surface area contributed by atoms with Gasteiger partial charge in [0.05, 0.1) is 4.92 Å². The molecule has 1 aromatic carbocycles. The van der Waals surface area contributed by atoms with E-state index < -0.39 is 0 Å². The molecule has 6 nitrogen and oxygen atoms in total. The molecule has 0 aliphatic heterocycles. The molecule has 1 N–H and O–H groups in total. The third-order valence-electron chi connectivity index (χ3n) is 1.94. The molecule has 0 heterocycles. The third-order valence-corrected chi connectivity index (χ3v) is 1.94. The molecule has 88 valence electrons. The van der Waals surface area contributed by atoms with E-state index in [2.05, 4.69) is 20.8 Å². The highest BCUT2D eigenvalue weighted by atomic mass is 16.6. The molecule has 0 atom stereocenters. The van der Waals surface area contributed by atoms with Crippen molar-refractivity contribution in [2.75, 3.05) is 0 Å². The molecule has 6 heteroatoms. The lowest BCUT2D eigenvalue weighted by atomic mass is 9.87. The summed E-state index contributed by atoms with van der Waals surface area (Å²) in [5.74, 6) is 0. The maximum Gasteiger partial charge on any atom is 0.269 e. The second-order valence-corrected chi connectivity index (χ2v) is 4.14. The second kappa shape index (κ2) is 5.79. The molecule has 0 bridgehead atoms. The van der Waals surface area contributed by atoms with Crippen LogP contribution in [-0.2, 0) is 5.41 Å². The molecule has 1 aromatic rings. The van der Waals surface area contributed by atoms with Crippen molar-refractivity contribution >= 4 is 5.69 Å². The van der Waals surface area contributed by atoms with Crippen LogP contribution >= 0.6 is 0 Å². The Hall–Kier alpha value is -1.98. The van der Waals surface area contributed by atoms with Gasteiger partial charge in [-0.1, -0.05) is 32.9 Å². The fraction of sp³-hybridized carbons (Fsp3) is 0.400. The molecule has 1 rings (SSSR count). The Balaban J connectivity index is 0.000000673. The first kappa shape index (κ1) is 14.0. The van der Waals surface area contributed by atoms with Crippen LogP contribution in [0.25, 0.3) is 0 Å². The molecule has 0 fully saturated rings. The van der Waals surface area contributed by atoms with Gasteiger partial charge in [-0.25, -0.2) is 0 Å². The van der Waals surface area contributed by atoms with Gasteiger partial charge in [-0.2, -0.15) is 0 Å². The van der Waals surface area contributed by atoms with Crippen LogP contribution in [0.5, 0.6) is 0 Å². The molecule has 0 aromatic heterocycles. The molecule has 0 amide bonds. The smallest absolute Gasteiger partial charge is 0.269 e. The minimum atomic E-state index is -0.383. The van der Waals surface area contributed by atoms with Crippen molar-refractivity contribution in [2.24, 2.45) is 5.34 Å². The van der Waals surface area contributed by atoms with Crippen molar-refractivity contribution in [1.82, 2.24) is 0 Å². The average Bonchev–Trinajstić information content (AvgIpc) is 2.18.